The first-order chi connectivity index (χ1) is 25.7. The van der Waals surface area contributed by atoms with Crippen LogP contribution in [0.4, 0.5) is 0 Å². The Kier molecular flexibility index (Phi) is 16.7. The van der Waals surface area contributed by atoms with Gasteiger partial charge >= 0.3 is 0 Å². The first-order valence-corrected chi connectivity index (χ1v) is 20.6. The summed E-state index contributed by atoms with van der Waals surface area (Å²) in [7, 11) is 0. The molecular formula is C44H66N8. The molecule has 0 unspecified atom stereocenters. The number of aryl methyl sites for hydroxylation is 3. The van der Waals surface area contributed by atoms with Crippen LogP contribution in [0.2, 0.25) is 0 Å². The summed E-state index contributed by atoms with van der Waals surface area (Å²) in [6, 6.07) is 9.13. The zero-order valence-electron chi connectivity index (χ0n) is 31.8. The number of aromatic amines is 2. The number of hydrogen-bond donors (Lipinski definition) is 6. The number of rotatable bonds is 24. The van der Waals surface area contributed by atoms with Gasteiger partial charge in [-0.1, -0.05) is 51.4 Å². The molecule has 0 fully saturated rings. The lowest BCUT2D eigenvalue weighted by atomic mass is 10.0. The van der Waals surface area contributed by atoms with E-state index >= 15 is 0 Å². The SMILES string of the molecule is NCCCCCCc1c2nc(c(CCCCCCN)c3ccc([nH]3)c(CCCCCCN)c3ccc([nH]3)c(CCCCCCN)c3nc1C=C3)C=C2. The first-order valence-electron chi connectivity index (χ1n) is 20.6. The third kappa shape index (κ3) is 11.2. The zero-order valence-corrected chi connectivity index (χ0v) is 31.8. The normalized spacial score (nSPS) is 12.4. The summed E-state index contributed by atoms with van der Waals surface area (Å²) in [6.07, 6.45) is 30.9. The van der Waals surface area contributed by atoms with E-state index in [2.05, 4.69) is 58.5 Å². The topological polar surface area (TPSA) is 161 Å². The van der Waals surface area contributed by atoms with Gasteiger partial charge in [0, 0.05) is 38.8 Å². The summed E-state index contributed by atoms with van der Waals surface area (Å²) < 4.78 is 0. The molecule has 0 spiro atoms. The van der Waals surface area contributed by atoms with Crippen molar-refractivity contribution in [3.8, 4) is 0 Å². The molecule has 10 N–H and O–H groups in total. The second-order valence-corrected chi connectivity index (χ2v) is 14.7. The number of fused-ring (bicyclic) bond motifs is 8. The highest BCUT2D eigenvalue weighted by Crippen LogP contribution is 2.30. The van der Waals surface area contributed by atoms with Crippen LogP contribution in [-0.2, 0) is 25.7 Å². The fourth-order valence-corrected chi connectivity index (χ4v) is 7.69. The highest BCUT2D eigenvalue weighted by atomic mass is 14.8. The number of nitrogens with two attached hydrogens (primary N) is 4. The van der Waals surface area contributed by atoms with Crippen LogP contribution >= 0.6 is 0 Å². The van der Waals surface area contributed by atoms with Crippen LogP contribution in [0.3, 0.4) is 0 Å². The Labute approximate surface area is 312 Å². The van der Waals surface area contributed by atoms with E-state index in [4.69, 9.17) is 32.9 Å². The molecule has 0 radical (unpaired) electrons. The van der Waals surface area contributed by atoms with Crippen molar-refractivity contribution < 1.29 is 0 Å². The summed E-state index contributed by atoms with van der Waals surface area (Å²) >= 11 is 0. The van der Waals surface area contributed by atoms with Gasteiger partial charge in [-0.25, -0.2) is 9.97 Å². The van der Waals surface area contributed by atoms with Gasteiger partial charge in [0.2, 0.25) is 0 Å². The van der Waals surface area contributed by atoms with Crippen molar-refractivity contribution in [1.29, 1.82) is 0 Å². The molecule has 52 heavy (non-hydrogen) atoms. The van der Waals surface area contributed by atoms with Crippen LogP contribution < -0.4 is 22.9 Å². The van der Waals surface area contributed by atoms with Crippen LogP contribution in [-0.4, -0.2) is 46.1 Å². The molecule has 5 heterocycles. The molecule has 8 nitrogen and oxygen atoms in total. The van der Waals surface area contributed by atoms with E-state index in [0.717, 1.165) is 152 Å². The van der Waals surface area contributed by atoms with Crippen molar-refractivity contribution in [2.75, 3.05) is 26.2 Å². The van der Waals surface area contributed by atoms with E-state index in [0.29, 0.717) is 0 Å². The minimum Gasteiger partial charge on any atom is -0.355 e. The van der Waals surface area contributed by atoms with Gasteiger partial charge < -0.3 is 32.9 Å². The summed E-state index contributed by atoms with van der Waals surface area (Å²) in [5.41, 5.74) is 37.4. The predicted octanol–water partition coefficient (Wildman–Crippen LogP) is 8.90. The van der Waals surface area contributed by atoms with E-state index in [1.54, 1.807) is 0 Å². The first kappa shape index (κ1) is 39.6. The lowest BCUT2D eigenvalue weighted by molar-refractivity contribution is 0.644. The summed E-state index contributed by atoms with van der Waals surface area (Å²) in [4.78, 5) is 18.6. The van der Waals surface area contributed by atoms with Crippen molar-refractivity contribution in [3.63, 3.8) is 0 Å². The molecule has 0 aromatic carbocycles. The van der Waals surface area contributed by atoms with Crippen LogP contribution in [0.25, 0.3) is 46.4 Å². The number of nitrogens with one attached hydrogen (secondary N) is 2. The largest absolute Gasteiger partial charge is 0.355 e. The maximum Gasteiger partial charge on any atom is 0.0691 e. The van der Waals surface area contributed by atoms with Crippen molar-refractivity contribution in [2.24, 2.45) is 22.9 Å². The molecule has 8 bridgehead atoms. The predicted molar refractivity (Wildman–Crippen MR) is 224 cm³/mol. The lowest BCUT2D eigenvalue weighted by Gasteiger charge is -2.07. The van der Waals surface area contributed by atoms with E-state index in [1.807, 2.05) is 0 Å². The van der Waals surface area contributed by atoms with Crippen molar-refractivity contribution >= 4 is 46.4 Å². The number of unbranched alkanes of at least 4 members (excludes halogenated alkanes) is 12. The fourth-order valence-electron chi connectivity index (χ4n) is 7.69. The van der Waals surface area contributed by atoms with Gasteiger partial charge in [0.15, 0.2) is 0 Å². The van der Waals surface area contributed by atoms with Gasteiger partial charge in [-0.15, -0.1) is 0 Å². The monoisotopic (exact) mass is 707 g/mol. The van der Waals surface area contributed by atoms with Crippen LogP contribution in [0.5, 0.6) is 0 Å². The lowest BCUT2D eigenvalue weighted by Crippen LogP contribution is -1.99. The molecular weight excluding hydrogens is 641 g/mol. The molecule has 0 amide bonds. The molecule has 0 saturated heterocycles. The molecule has 0 saturated carbocycles. The molecule has 0 atom stereocenters. The minimum absolute atomic E-state index is 0.753. The summed E-state index contributed by atoms with van der Waals surface area (Å²) in [6.45, 7) is 3.02. The van der Waals surface area contributed by atoms with Crippen molar-refractivity contribution in [2.45, 2.75) is 128 Å². The number of H-pyrrole nitrogens is 2. The second kappa shape index (κ2) is 21.8. The fraction of sp³-hybridized carbons (Fsp3) is 0.545. The number of nitrogens with zero attached hydrogens (tertiary/aromatic N) is 2. The Morgan fingerprint density at radius 1 is 0.327 bits per heavy atom. The molecule has 5 rings (SSSR count). The Balaban J connectivity index is 1.69. The Morgan fingerprint density at radius 2 is 0.596 bits per heavy atom. The maximum atomic E-state index is 5.82. The number of aromatic nitrogens is 4. The van der Waals surface area contributed by atoms with Crippen molar-refractivity contribution in [1.82, 2.24) is 19.9 Å². The van der Waals surface area contributed by atoms with Gasteiger partial charge in [-0.05, 0) is 157 Å². The van der Waals surface area contributed by atoms with Crippen LogP contribution in [0.15, 0.2) is 24.3 Å². The smallest absolute Gasteiger partial charge is 0.0691 e. The van der Waals surface area contributed by atoms with Gasteiger partial charge in [-0.2, -0.15) is 0 Å². The molecule has 3 aromatic heterocycles. The third-order valence-electron chi connectivity index (χ3n) is 10.7. The molecule has 2 aliphatic rings. The van der Waals surface area contributed by atoms with Gasteiger partial charge in [0.1, 0.15) is 0 Å². The molecule has 0 aliphatic carbocycles. The molecule has 2 aliphatic heterocycles. The van der Waals surface area contributed by atoms with Crippen molar-refractivity contribution in [3.05, 3.63) is 69.3 Å². The molecule has 8 heteroatoms. The van der Waals surface area contributed by atoms with Gasteiger partial charge in [-0.3, -0.25) is 0 Å². The minimum atomic E-state index is 0.753. The summed E-state index contributed by atoms with van der Waals surface area (Å²) in [5.74, 6) is 0. The van der Waals surface area contributed by atoms with E-state index < -0.39 is 0 Å². The van der Waals surface area contributed by atoms with Crippen LogP contribution in [0, 0.1) is 0 Å². The van der Waals surface area contributed by atoms with Gasteiger partial charge in [0.05, 0.1) is 22.8 Å². The Bertz CT molecular complexity index is 1650. The molecule has 3 aromatic rings. The maximum absolute atomic E-state index is 5.82. The Hall–Kier alpha value is -3.56. The number of hydrogen-bond acceptors (Lipinski definition) is 6. The standard InChI is InChI=1S/C44H66N8/c45-29-13-5-1-9-17-33-37-21-23-39(49-37)34(18-10-2-6-14-30-46)41-25-27-43(51-41)36(20-12-4-8-16-32-48)44-28-26-42(52-44)35(19-11-3-7-15-31-47)40-24-22-38(33)50-40/h21-28,49-50H,1-20,29-32,45-48H2. The quantitative estimate of drug-likeness (QED) is 0.0351. The zero-order chi connectivity index (χ0) is 36.4. The highest BCUT2D eigenvalue weighted by molar-refractivity contribution is 5.83. The second-order valence-electron chi connectivity index (χ2n) is 14.7. The average Bonchev–Trinajstić information content (AvgIpc) is 4.00. The Morgan fingerprint density at radius 3 is 0.942 bits per heavy atom. The third-order valence-corrected chi connectivity index (χ3v) is 10.7. The van der Waals surface area contributed by atoms with Crippen LogP contribution in [0.1, 0.15) is 148 Å². The van der Waals surface area contributed by atoms with Gasteiger partial charge in [0.25, 0.3) is 0 Å². The summed E-state index contributed by atoms with van der Waals surface area (Å²) in [5, 5.41) is 0. The average molecular weight is 707 g/mol. The highest BCUT2D eigenvalue weighted by Gasteiger charge is 2.17. The van der Waals surface area contributed by atoms with E-state index in [9.17, 15) is 0 Å². The van der Waals surface area contributed by atoms with E-state index in [-0.39, 0.29) is 0 Å². The van der Waals surface area contributed by atoms with E-state index in [1.165, 1.54) is 70.0 Å². The molecule has 282 valence electrons.